The first-order valence-corrected chi connectivity index (χ1v) is 8.85. The molecule has 1 amide bonds. The second-order valence-electron chi connectivity index (χ2n) is 7.83. The van der Waals surface area contributed by atoms with Gasteiger partial charge in [0.1, 0.15) is 0 Å². The number of piperidine rings is 1. The lowest BCUT2D eigenvalue weighted by atomic mass is 9.92. The van der Waals surface area contributed by atoms with E-state index in [0.717, 1.165) is 37.9 Å². The Morgan fingerprint density at radius 2 is 2.08 bits per heavy atom. The van der Waals surface area contributed by atoms with Gasteiger partial charge in [0.2, 0.25) is 11.7 Å². The summed E-state index contributed by atoms with van der Waals surface area (Å²) in [6, 6.07) is 7.62. The lowest BCUT2D eigenvalue weighted by molar-refractivity contribution is 0.0929. The summed E-state index contributed by atoms with van der Waals surface area (Å²) in [4.78, 5) is 17.0. The van der Waals surface area contributed by atoms with E-state index < -0.39 is 0 Å². The van der Waals surface area contributed by atoms with E-state index in [1.807, 2.05) is 24.3 Å². The predicted octanol–water partition coefficient (Wildman–Crippen LogP) is 2.81. The molecule has 0 aliphatic carbocycles. The van der Waals surface area contributed by atoms with Gasteiger partial charge < -0.3 is 15.2 Å². The van der Waals surface area contributed by atoms with Crippen molar-refractivity contribution in [2.45, 2.75) is 46.1 Å². The van der Waals surface area contributed by atoms with Gasteiger partial charge in [-0.1, -0.05) is 38.1 Å². The number of nitrogens with zero attached hydrogens (tertiary/aromatic N) is 2. The topological polar surface area (TPSA) is 80.0 Å². The average Bonchev–Trinajstić information content (AvgIpc) is 3.02. The molecule has 2 aromatic rings. The highest BCUT2D eigenvalue weighted by molar-refractivity contribution is 5.95. The molecule has 2 N–H and O–H groups in total. The quantitative estimate of drug-likeness (QED) is 0.893. The van der Waals surface area contributed by atoms with Crippen molar-refractivity contribution in [1.82, 2.24) is 20.8 Å². The molecule has 134 valence electrons. The zero-order chi connectivity index (χ0) is 17.9. The number of hydrogen-bond donors (Lipinski definition) is 2. The second kappa shape index (κ2) is 7.35. The van der Waals surface area contributed by atoms with Crippen molar-refractivity contribution in [3.05, 3.63) is 35.7 Å². The molecule has 1 aromatic heterocycles. The number of nitrogens with one attached hydrogen (secondary N) is 2. The Labute approximate surface area is 148 Å². The van der Waals surface area contributed by atoms with Crippen LogP contribution in [0, 0.1) is 5.41 Å². The minimum Gasteiger partial charge on any atom is -0.349 e. The van der Waals surface area contributed by atoms with Crippen LogP contribution in [0.1, 0.15) is 49.9 Å². The highest BCUT2D eigenvalue weighted by Gasteiger charge is 2.19. The van der Waals surface area contributed by atoms with Gasteiger partial charge in [-0.25, -0.2) is 0 Å². The summed E-state index contributed by atoms with van der Waals surface area (Å²) in [6.45, 7) is 8.28. The molecule has 3 rings (SSSR count). The molecule has 25 heavy (non-hydrogen) atoms. The van der Waals surface area contributed by atoms with Crippen LogP contribution in [0.15, 0.2) is 28.8 Å². The van der Waals surface area contributed by atoms with E-state index in [9.17, 15) is 4.79 Å². The van der Waals surface area contributed by atoms with Crippen molar-refractivity contribution in [3.8, 4) is 11.4 Å². The number of benzene rings is 1. The lowest BCUT2D eigenvalue weighted by Crippen LogP contribution is -2.42. The van der Waals surface area contributed by atoms with E-state index in [0.29, 0.717) is 17.3 Å². The van der Waals surface area contributed by atoms with Gasteiger partial charge in [0.25, 0.3) is 5.91 Å². The van der Waals surface area contributed by atoms with Crippen LogP contribution in [0.5, 0.6) is 0 Å². The van der Waals surface area contributed by atoms with Crippen molar-refractivity contribution in [1.29, 1.82) is 0 Å². The Hall–Kier alpha value is -2.21. The molecule has 0 unspecified atom stereocenters. The Morgan fingerprint density at radius 3 is 2.80 bits per heavy atom. The normalized spacial score (nSPS) is 16.0. The lowest BCUT2D eigenvalue weighted by Gasteiger charge is -2.23. The van der Waals surface area contributed by atoms with E-state index in [2.05, 4.69) is 41.5 Å². The Morgan fingerprint density at radius 1 is 1.32 bits per heavy atom. The van der Waals surface area contributed by atoms with Crippen molar-refractivity contribution >= 4 is 5.91 Å². The van der Waals surface area contributed by atoms with Crippen LogP contribution in [0.25, 0.3) is 11.4 Å². The molecule has 1 saturated heterocycles. The van der Waals surface area contributed by atoms with Gasteiger partial charge >= 0.3 is 0 Å². The summed E-state index contributed by atoms with van der Waals surface area (Å²) in [5.41, 5.74) is 1.50. The maximum Gasteiger partial charge on any atom is 0.251 e. The first-order chi connectivity index (χ1) is 11.9. The van der Waals surface area contributed by atoms with Crippen molar-refractivity contribution in [3.63, 3.8) is 0 Å². The SMILES string of the molecule is CC(C)(C)Cc1nc(-c2cccc(C(=O)NC3CCNCC3)c2)no1. The third kappa shape index (κ3) is 4.89. The molecule has 0 saturated carbocycles. The standard InChI is InChI=1S/C19H26N4O2/c1-19(2,3)12-16-22-17(23-25-16)13-5-4-6-14(11-13)18(24)21-15-7-9-20-10-8-15/h4-6,11,15,20H,7-10,12H2,1-3H3,(H,21,24). The summed E-state index contributed by atoms with van der Waals surface area (Å²) < 4.78 is 5.35. The molecule has 0 radical (unpaired) electrons. The summed E-state index contributed by atoms with van der Waals surface area (Å²) in [5, 5.41) is 10.5. The summed E-state index contributed by atoms with van der Waals surface area (Å²) in [5.74, 6) is 1.09. The van der Waals surface area contributed by atoms with Gasteiger partial charge in [0.05, 0.1) is 0 Å². The average molecular weight is 342 g/mol. The fourth-order valence-electron chi connectivity index (χ4n) is 2.93. The van der Waals surface area contributed by atoms with Crippen LogP contribution in [0.2, 0.25) is 0 Å². The molecule has 0 bridgehead atoms. The highest BCUT2D eigenvalue weighted by atomic mass is 16.5. The second-order valence-corrected chi connectivity index (χ2v) is 7.83. The number of carbonyl (C=O) groups is 1. The first kappa shape index (κ1) is 17.6. The molecule has 6 heteroatoms. The molecule has 1 fully saturated rings. The largest absolute Gasteiger partial charge is 0.349 e. The Bertz CT molecular complexity index is 727. The first-order valence-electron chi connectivity index (χ1n) is 8.85. The van der Waals surface area contributed by atoms with Gasteiger partial charge in [0.15, 0.2) is 0 Å². The molecule has 1 aliphatic rings. The summed E-state index contributed by atoms with van der Waals surface area (Å²) in [6.07, 6.45) is 2.65. The van der Waals surface area contributed by atoms with Gasteiger partial charge in [0, 0.05) is 23.6 Å². The van der Waals surface area contributed by atoms with Gasteiger partial charge in [-0.3, -0.25) is 4.79 Å². The molecular formula is C19H26N4O2. The minimum atomic E-state index is -0.0489. The van der Waals surface area contributed by atoms with E-state index >= 15 is 0 Å². The van der Waals surface area contributed by atoms with E-state index in [1.54, 1.807) is 0 Å². The molecule has 6 nitrogen and oxygen atoms in total. The molecule has 0 atom stereocenters. The van der Waals surface area contributed by atoms with Crippen LogP contribution in [-0.2, 0) is 6.42 Å². The summed E-state index contributed by atoms with van der Waals surface area (Å²) in [7, 11) is 0. The minimum absolute atomic E-state index is 0.0489. The number of amides is 1. The Balaban J connectivity index is 1.71. The van der Waals surface area contributed by atoms with Crippen LogP contribution < -0.4 is 10.6 Å². The number of rotatable bonds is 4. The van der Waals surface area contributed by atoms with Gasteiger partial charge in [-0.05, 0) is 43.5 Å². The smallest absolute Gasteiger partial charge is 0.251 e. The third-order valence-electron chi connectivity index (χ3n) is 4.21. The van der Waals surface area contributed by atoms with Gasteiger partial charge in [-0.2, -0.15) is 4.98 Å². The zero-order valence-corrected chi connectivity index (χ0v) is 15.1. The monoisotopic (exact) mass is 342 g/mol. The Kier molecular flexibility index (Phi) is 5.18. The van der Waals surface area contributed by atoms with Gasteiger partial charge in [-0.15, -0.1) is 0 Å². The van der Waals surface area contributed by atoms with Crippen LogP contribution in [0.3, 0.4) is 0 Å². The van der Waals surface area contributed by atoms with Crippen molar-refractivity contribution in [2.24, 2.45) is 5.41 Å². The third-order valence-corrected chi connectivity index (χ3v) is 4.21. The van der Waals surface area contributed by atoms with E-state index in [-0.39, 0.29) is 17.4 Å². The van der Waals surface area contributed by atoms with E-state index in [1.165, 1.54) is 0 Å². The highest BCUT2D eigenvalue weighted by Crippen LogP contribution is 2.22. The molecule has 1 aliphatic heterocycles. The summed E-state index contributed by atoms with van der Waals surface area (Å²) >= 11 is 0. The molecule has 2 heterocycles. The molecule has 0 spiro atoms. The van der Waals surface area contributed by atoms with E-state index in [4.69, 9.17) is 4.52 Å². The molecular weight excluding hydrogens is 316 g/mol. The van der Waals surface area contributed by atoms with Crippen LogP contribution >= 0.6 is 0 Å². The molecule has 1 aromatic carbocycles. The number of hydrogen-bond acceptors (Lipinski definition) is 5. The maximum absolute atomic E-state index is 12.5. The number of aromatic nitrogens is 2. The van der Waals surface area contributed by atoms with Crippen molar-refractivity contribution < 1.29 is 9.32 Å². The predicted molar refractivity (Wildman–Crippen MR) is 96.3 cm³/mol. The van der Waals surface area contributed by atoms with Crippen LogP contribution in [-0.4, -0.2) is 35.2 Å². The van der Waals surface area contributed by atoms with Crippen molar-refractivity contribution in [2.75, 3.05) is 13.1 Å². The fourth-order valence-corrected chi connectivity index (χ4v) is 2.93. The number of carbonyl (C=O) groups excluding carboxylic acids is 1. The fraction of sp³-hybridized carbons (Fsp3) is 0.526. The zero-order valence-electron chi connectivity index (χ0n) is 15.1. The maximum atomic E-state index is 12.5. The van der Waals surface area contributed by atoms with Crippen LogP contribution in [0.4, 0.5) is 0 Å².